The third-order valence-electron chi connectivity index (χ3n) is 5.65. The third-order valence-corrected chi connectivity index (χ3v) is 5.65. The lowest BCUT2D eigenvalue weighted by atomic mass is 9.53. The maximum Gasteiger partial charge on any atom is 0.309 e. The summed E-state index contributed by atoms with van der Waals surface area (Å²) in [5, 5.41) is 20.8. The van der Waals surface area contributed by atoms with Crippen molar-refractivity contribution in [1.82, 2.24) is 0 Å². The van der Waals surface area contributed by atoms with Gasteiger partial charge in [-0.3, -0.25) is 4.79 Å². The SMILES string of the molecule is C=C1CC[C@@H](O)[C@]2(C)C[C@H](O)C3[C@H](C)C(=O)O[C@@H]3[C@@H]12. The van der Waals surface area contributed by atoms with Crippen molar-refractivity contribution in [2.45, 2.75) is 51.4 Å². The zero-order valence-electron chi connectivity index (χ0n) is 11.5. The van der Waals surface area contributed by atoms with Crippen LogP contribution in [0.15, 0.2) is 12.2 Å². The predicted octanol–water partition coefficient (Wildman–Crippen LogP) is 1.26. The van der Waals surface area contributed by atoms with Crippen LogP contribution in [0.4, 0.5) is 0 Å². The molecule has 0 aromatic carbocycles. The Bertz CT molecular complexity index is 432. The third kappa shape index (κ3) is 1.62. The van der Waals surface area contributed by atoms with Crippen molar-refractivity contribution in [3.63, 3.8) is 0 Å². The van der Waals surface area contributed by atoms with E-state index in [0.29, 0.717) is 12.8 Å². The molecule has 0 radical (unpaired) electrons. The van der Waals surface area contributed by atoms with Crippen molar-refractivity contribution in [1.29, 1.82) is 0 Å². The summed E-state index contributed by atoms with van der Waals surface area (Å²) >= 11 is 0. The molecule has 3 aliphatic rings. The lowest BCUT2D eigenvalue weighted by molar-refractivity contribution is -0.161. The van der Waals surface area contributed by atoms with E-state index in [1.165, 1.54) is 0 Å². The Hall–Kier alpha value is -0.870. The van der Waals surface area contributed by atoms with Crippen LogP contribution in [-0.4, -0.2) is 34.5 Å². The number of esters is 1. The fraction of sp³-hybridized carbons (Fsp3) is 0.800. The van der Waals surface area contributed by atoms with Gasteiger partial charge in [-0.25, -0.2) is 0 Å². The van der Waals surface area contributed by atoms with Gasteiger partial charge in [0, 0.05) is 17.3 Å². The first-order chi connectivity index (χ1) is 8.86. The average molecular weight is 266 g/mol. The van der Waals surface area contributed by atoms with Crippen molar-refractivity contribution < 1.29 is 19.7 Å². The largest absolute Gasteiger partial charge is 0.461 e. The topological polar surface area (TPSA) is 66.8 Å². The molecule has 2 aliphatic carbocycles. The number of aliphatic hydroxyl groups excluding tert-OH is 2. The van der Waals surface area contributed by atoms with E-state index in [9.17, 15) is 15.0 Å². The van der Waals surface area contributed by atoms with E-state index in [1.54, 1.807) is 0 Å². The maximum atomic E-state index is 11.8. The van der Waals surface area contributed by atoms with Gasteiger partial charge in [-0.15, -0.1) is 0 Å². The molecule has 0 aromatic rings. The molecule has 1 heterocycles. The van der Waals surface area contributed by atoms with Gasteiger partial charge in [0.25, 0.3) is 0 Å². The number of ether oxygens (including phenoxy) is 1. The summed E-state index contributed by atoms with van der Waals surface area (Å²) in [5.74, 6) is -0.686. The van der Waals surface area contributed by atoms with Crippen LogP contribution in [0, 0.1) is 23.2 Å². The summed E-state index contributed by atoms with van der Waals surface area (Å²) in [4.78, 5) is 11.8. The molecule has 3 rings (SSSR count). The number of fused-ring (bicyclic) bond motifs is 3. The van der Waals surface area contributed by atoms with Gasteiger partial charge in [0.2, 0.25) is 0 Å². The average Bonchev–Trinajstić information content (AvgIpc) is 2.61. The standard InChI is InChI=1S/C15H22O4/c1-7-4-5-10(17)15(3)6-9(16)11-8(2)14(18)19-13(11)12(7)15/h8-13,16-17H,1,4-6H2,2-3H3/t8-,9-,10+,11?,12+,13-,15-/m0/s1. The first-order valence-electron chi connectivity index (χ1n) is 7.10. The molecular formula is C15H22O4. The Kier molecular flexibility index (Phi) is 2.81. The number of carbonyl (C=O) groups is 1. The quantitative estimate of drug-likeness (QED) is 0.512. The smallest absolute Gasteiger partial charge is 0.309 e. The molecule has 0 amide bonds. The Balaban J connectivity index is 2.02. The van der Waals surface area contributed by atoms with Gasteiger partial charge >= 0.3 is 5.97 Å². The molecule has 2 saturated carbocycles. The van der Waals surface area contributed by atoms with E-state index in [1.807, 2.05) is 13.8 Å². The Morgan fingerprint density at radius 3 is 2.79 bits per heavy atom. The van der Waals surface area contributed by atoms with Crippen LogP contribution in [-0.2, 0) is 9.53 Å². The second-order valence-corrected chi connectivity index (χ2v) is 6.74. The van der Waals surface area contributed by atoms with Crippen LogP contribution in [0.5, 0.6) is 0 Å². The molecular weight excluding hydrogens is 244 g/mol. The van der Waals surface area contributed by atoms with E-state index < -0.39 is 17.6 Å². The second-order valence-electron chi connectivity index (χ2n) is 6.74. The van der Waals surface area contributed by atoms with Crippen molar-refractivity contribution in [2.75, 3.05) is 0 Å². The van der Waals surface area contributed by atoms with Crippen molar-refractivity contribution in [3.8, 4) is 0 Å². The number of rotatable bonds is 0. The molecule has 7 atom stereocenters. The molecule has 3 fully saturated rings. The molecule has 4 heteroatoms. The zero-order valence-corrected chi connectivity index (χ0v) is 11.5. The van der Waals surface area contributed by atoms with Crippen molar-refractivity contribution in [3.05, 3.63) is 12.2 Å². The number of aliphatic hydroxyl groups is 2. The molecule has 0 spiro atoms. The summed E-state index contributed by atoms with van der Waals surface area (Å²) in [7, 11) is 0. The first-order valence-corrected chi connectivity index (χ1v) is 7.10. The fourth-order valence-corrected chi connectivity index (χ4v) is 4.54. The van der Waals surface area contributed by atoms with E-state index in [0.717, 1.165) is 12.0 Å². The van der Waals surface area contributed by atoms with Crippen LogP contribution in [0.3, 0.4) is 0 Å². The highest BCUT2D eigenvalue weighted by Crippen LogP contribution is 2.57. The number of carbonyl (C=O) groups excluding carboxylic acids is 1. The lowest BCUT2D eigenvalue weighted by Gasteiger charge is -2.54. The van der Waals surface area contributed by atoms with Crippen molar-refractivity contribution in [2.24, 2.45) is 23.2 Å². The Labute approximate surface area is 113 Å². The number of hydrogen-bond acceptors (Lipinski definition) is 4. The molecule has 106 valence electrons. The minimum absolute atomic E-state index is 0.0291. The van der Waals surface area contributed by atoms with Crippen LogP contribution < -0.4 is 0 Å². The molecule has 2 N–H and O–H groups in total. The predicted molar refractivity (Wildman–Crippen MR) is 69.1 cm³/mol. The monoisotopic (exact) mass is 266 g/mol. The van der Waals surface area contributed by atoms with Gasteiger partial charge in [0.1, 0.15) is 6.10 Å². The molecule has 19 heavy (non-hydrogen) atoms. The van der Waals surface area contributed by atoms with Gasteiger partial charge in [0.15, 0.2) is 0 Å². The molecule has 1 saturated heterocycles. The summed E-state index contributed by atoms with van der Waals surface area (Å²) < 4.78 is 5.53. The molecule has 4 nitrogen and oxygen atoms in total. The van der Waals surface area contributed by atoms with E-state index in [-0.39, 0.29) is 29.8 Å². The highest BCUT2D eigenvalue weighted by atomic mass is 16.6. The lowest BCUT2D eigenvalue weighted by Crippen LogP contribution is -2.57. The van der Waals surface area contributed by atoms with Crippen molar-refractivity contribution >= 4 is 5.97 Å². The first kappa shape index (κ1) is 13.1. The minimum Gasteiger partial charge on any atom is -0.461 e. The van der Waals surface area contributed by atoms with E-state index in [2.05, 4.69) is 6.58 Å². The Morgan fingerprint density at radius 2 is 2.11 bits per heavy atom. The van der Waals surface area contributed by atoms with Gasteiger partial charge in [-0.2, -0.15) is 0 Å². The summed E-state index contributed by atoms with van der Waals surface area (Å²) in [6, 6.07) is 0. The van der Waals surface area contributed by atoms with E-state index in [4.69, 9.17) is 4.74 Å². The van der Waals surface area contributed by atoms with Gasteiger partial charge in [-0.05, 0) is 19.3 Å². The van der Waals surface area contributed by atoms with Crippen LogP contribution in [0.25, 0.3) is 0 Å². The van der Waals surface area contributed by atoms with Crippen LogP contribution >= 0.6 is 0 Å². The molecule has 1 aliphatic heterocycles. The molecule has 0 aromatic heterocycles. The van der Waals surface area contributed by atoms with E-state index >= 15 is 0 Å². The fourth-order valence-electron chi connectivity index (χ4n) is 4.54. The van der Waals surface area contributed by atoms with Gasteiger partial charge in [0.05, 0.1) is 18.1 Å². The van der Waals surface area contributed by atoms with Crippen LogP contribution in [0.2, 0.25) is 0 Å². The highest BCUT2D eigenvalue weighted by Gasteiger charge is 2.61. The summed E-state index contributed by atoms with van der Waals surface area (Å²) in [5.41, 5.74) is 0.622. The highest BCUT2D eigenvalue weighted by molar-refractivity contribution is 5.75. The van der Waals surface area contributed by atoms with Gasteiger partial charge < -0.3 is 14.9 Å². The van der Waals surface area contributed by atoms with Gasteiger partial charge in [-0.1, -0.05) is 26.0 Å². The molecule has 0 bridgehead atoms. The number of hydrogen-bond donors (Lipinski definition) is 2. The summed E-state index contributed by atoms with van der Waals surface area (Å²) in [6.45, 7) is 7.94. The van der Waals surface area contributed by atoms with Crippen LogP contribution in [0.1, 0.15) is 33.1 Å². The second kappa shape index (κ2) is 4.06. The summed E-state index contributed by atoms with van der Waals surface area (Å²) in [6.07, 6.45) is 0.590. The molecule has 1 unspecified atom stereocenters. The zero-order chi connectivity index (χ0) is 13.9. The minimum atomic E-state index is -0.590. The Morgan fingerprint density at radius 1 is 1.42 bits per heavy atom. The maximum absolute atomic E-state index is 11.8. The normalized spacial score (nSPS) is 53.5.